The summed E-state index contributed by atoms with van der Waals surface area (Å²) in [7, 11) is 1.65. The van der Waals surface area contributed by atoms with Crippen molar-refractivity contribution in [2.45, 2.75) is 133 Å². The summed E-state index contributed by atoms with van der Waals surface area (Å²) >= 11 is 1.49. The van der Waals surface area contributed by atoms with Crippen LogP contribution in [-0.4, -0.2) is 112 Å². The predicted molar refractivity (Wildman–Crippen MR) is 293 cm³/mol. The summed E-state index contributed by atoms with van der Waals surface area (Å²) < 4.78 is 24.4. The number of nitro benzene ring substituents is 1. The molecule has 0 bridgehead atoms. The zero-order valence-electron chi connectivity index (χ0n) is 44.3. The zero-order valence-corrected chi connectivity index (χ0v) is 46.0. The Hall–Kier alpha value is -6.29. The summed E-state index contributed by atoms with van der Waals surface area (Å²) in [6.45, 7) is 8.86. The van der Waals surface area contributed by atoms with Crippen molar-refractivity contribution < 1.29 is 47.7 Å². The van der Waals surface area contributed by atoms with Gasteiger partial charge < -0.3 is 44.5 Å². The number of nitrogens with zero attached hydrogens (tertiary/aromatic N) is 4. The van der Waals surface area contributed by atoms with Crippen LogP contribution in [0.25, 0.3) is 0 Å². The topological polar surface area (TPSA) is 235 Å². The lowest BCUT2D eigenvalue weighted by Gasteiger charge is -2.49. The monoisotopic (exact) mass is 1080 g/mol. The third-order valence-corrected chi connectivity index (χ3v) is 17.6. The molecule has 4 atom stereocenters. The number of amides is 4. The maximum absolute atomic E-state index is 16.4. The van der Waals surface area contributed by atoms with E-state index < -0.39 is 35.7 Å². The number of methoxy groups -OCH3 is 2. The number of benzene rings is 4. The van der Waals surface area contributed by atoms with Gasteiger partial charge in [-0.05, 0) is 106 Å². The molecule has 1 unspecified atom stereocenters. The molecule has 76 heavy (non-hydrogen) atoms. The van der Waals surface area contributed by atoms with Gasteiger partial charge in [0.05, 0.1) is 56.9 Å². The van der Waals surface area contributed by atoms with E-state index in [1.54, 1.807) is 26.4 Å². The van der Waals surface area contributed by atoms with Crippen LogP contribution in [0.1, 0.15) is 113 Å². The number of nitriles is 1. The van der Waals surface area contributed by atoms with Crippen molar-refractivity contribution in [1.82, 2.24) is 25.5 Å². The molecule has 0 aromatic heterocycles. The van der Waals surface area contributed by atoms with Gasteiger partial charge in [0, 0.05) is 61.8 Å². The number of hydrogen-bond acceptors (Lipinski definition) is 13. The van der Waals surface area contributed by atoms with E-state index in [-0.39, 0.29) is 93.6 Å². The fourth-order valence-electron chi connectivity index (χ4n) is 10.3. The van der Waals surface area contributed by atoms with Crippen molar-refractivity contribution in [3.8, 4) is 17.6 Å². The molecule has 6 rings (SSSR count). The number of urea groups is 1. The first-order valence-electron chi connectivity index (χ1n) is 25.9. The second-order valence-electron chi connectivity index (χ2n) is 19.4. The Kier molecular flexibility index (Phi) is 21.9. The van der Waals surface area contributed by atoms with E-state index in [2.05, 4.69) is 26.7 Å². The Morgan fingerprint density at radius 2 is 1.49 bits per heavy atom. The molecule has 0 radical (unpaired) electrons. The lowest BCUT2D eigenvalue weighted by atomic mass is 9.74. The number of unbranched alkanes of at least 4 members (excludes halogenated alkanes) is 3. The summed E-state index contributed by atoms with van der Waals surface area (Å²) in [5.74, 6) is 0.409. The highest BCUT2D eigenvalue weighted by atomic mass is 32.2. The lowest BCUT2D eigenvalue weighted by molar-refractivity contribution is -0.385. The number of carboxylic acid groups (broad SMARTS) is 1. The highest BCUT2D eigenvalue weighted by molar-refractivity contribution is 8.01. The number of nitrogens with one attached hydrogen (secondary N) is 3. The van der Waals surface area contributed by atoms with Crippen LogP contribution >= 0.6 is 20.3 Å². The molecule has 0 spiro atoms. The van der Waals surface area contributed by atoms with Gasteiger partial charge in [0.1, 0.15) is 21.8 Å². The Morgan fingerprint density at radius 1 is 0.868 bits per heavy atom. The number of fused-ring (bicyclic) bond motifs is 1. The van der Waals surface area contributed by atoms with E-state index in [0.717, 1.165) is 16.7 Å². The quantitative estimate of drug-likeness (QED) is 0.00918. The molecular weight excluding hydrogens is 1010 g/mol. The van der Waals surface area contributed by atoms with Gasteiger partial charge in [-0.25, -0.2) is 9.46 Å². The number of carbonyl (C=O) groups excluding carboxylic acids is 3. The number of nitro groups is 1. The lowest BCUT2D eigenvalue weighted by Crippen LogP contribution is -2.62. The first kappa shape index (κ1) is 59.0. The van der Waals surface area contributed by atoms with Crippen LogP contribution < -0.4 is 25.4 Å². The van der Waals surface area contributed by atoms with Gasteiger partial charge in [-0.1, -0.05) is 73.5 Å². The third kappa shape index (κ3) is 14.4. The van der Waals surface area contributed by atoms with Crippen LogP contribution in [0.15, 0.2) is 97.1 Å². The molecule has 2 saturated heterocycles. The van der Waals surface area contributed by atoms with Crippen molar-refractivity contribution in [3.63, 3.8) is 0 Å². The summed E-state index contributed by atoms with van der Waals surface area (Å²) in [5.41, 5.74) is 2.20. The maximum Gasteiger partial charge on any atom is 0.315 e. The molecule has 2 aliphatic heterocycles. The summed E-state index contributed by atoms with van der Waals surface area (Å²) in [4.78, 5) is 68.2. The van der Waals surface area contributed by atoms with Crippen LogP contribution in [0, 0.1) is 21.4 Å². The standard InChI is InChI=1S/C56H72N7O11PS/c1-39(2)62(40(3)4)75(73-34-15-32-57)74-35-30-42-36-41(20-29-49(42)63(69)70)37-58-50(64)18-11-8-14-33-61(53(67)55(31-13-12-19-51(65)66)52-48(38-76-55)59-54(68)60-52)56(43-16-9-7-10-17-43,44-21-25-46(71-5)26-22-44)45-23-27-47(72-6)28-24-45/h7,9-10,16-17,20-29,36,39-40,48,52H,8,11-15,18-19,30-31,33-35,37-38H2,1-6H3,(H,58,64)(H,65,66)(H2,59,60,68)/t48-,52-,55-,75?/m0/s1. The average molecular weight is 1080 g/mol. The molecule has 2 heterocycles. The molecule has 20 heteroatoms. The highest BCUT2D eigenvalue weighted by Crippen LogP contribution is 2.51. The predicted octanol–water partition coefficient (Wildman–Crippen LogP) is 9.62. The largest absolute Gasteiger partial charge is 0.497 e. The molecular formula is C56H72N7O11PS. The number of rotatable bonds is 31. The van der Waals surface area contributed by atoms with Gasteiger partial charge in [0.2, 0.25) is 11.8 Å². The van der Waals surface area contributed by atoms with E-state index in [1.165, 1.54) is 17.8 Å². The van der Waals surface area contributed by atoms with E-state index in [1.807, 2.05) is 111 Å². The van der Waals surface area contributed by atoms with E-state index in [9.17, 15) is 29.6 Å². The Morgan fingerprint density at radius 3 is 2.08 bits per heavy atom. The van der Waals surface area contributed by atoms with Crippen molar-refractivity contribution in [2.75, 3.05) is 39.7 Å². The second kappa shape index (κ2) is 28.2. The second-order valence-corrected chi connectivity index (χ2v) is 22.2. The molecule has 2 fully saturated rings. The molecule has 4 N–H and O–H groups in total. The maximum atomic E-state index is 16.4. The van der Waals surface area contributed by atoms with Crippen LogP contribution in [0.4, 0.5) is 10.5 Å². The molecule has 0 saturated carbocycles. The van der Waals surface area contributed by atoms with E-state index >= 15 is 4.79 Å². The van der Waals surface area contributed by atoms with Gasteiger partial charge in [0.15, 0.2) is 0 Å². The molecule has 2 aliphatic rings. The fraction of sp³-hybridized carbons (Fsp3) is 0.482. The van der Waals surface area contributed by atoms with Gasteiger partial charge in [0.25, 0.3) is 14.2 Å². The average Bonchev–Trinajstić information content (AvgIpc) is 3.96. The number of thioether (sulfide) groups is 1. The number of carboxylic acids is 1. The Balaban J connectivity index is 1.25. The van der Waals surface area contributed by atoms with Crippen molar-refractivity contribution in [1.29, 1.82) is 5.26 Å². The van der Waals surface area contributed by atoms with E-state index in [0.29, 0.717) is 66.9 Å². The van der Waals surface area contributed by atoms with Crippen LogP contribution in [0.5, 0.6) is 11.5 Å². The van der Waals surface area contributed by atoms with Gasteiger partial charge in [-0.15, -0.1) is 11.8 Å². The number of carbonyl (C=O) groups is 4. The number of hydrogen-bond donors (Lipinski definition) is 4. The van der Waals surface area contributed by atoms with Gasteiger partial charge >= 0.3 is 12.0 Å². The SMILES string of the molecule is COc1ccc(C(c2ccccc2)(c2ccc(OC)cc2)N(CCCCCC(=O)NCc2ccc([N+](=O)[O-])c(CCOP(OCCC#N)N(C(C)C)C(C)C)c2)C(=O)[C@@]2(CCCCC(=O)O)SC[C@@H]3NC(=O)N[C@@H]32)cc1. The van der Waals surface area contributed by atoms with Crippen molar-refractivity contribution in [3.05, 3.63) is 135 Å². The third-order valence-electron chi connectivity index (χ3n) is 13.8. The molecule has 4 aromatic rings. The van der Waals surface area contributed by atoms with Crippen LogP contribution in [-0.2, 0) is 41.9 Å². The number of aliphatic carboxylic acids is 1. The van der Waals surface area contributed by atoms with Crippen molar-refractivity contribution in [2.24, 2.45) is 0 Å². The van der Waals surface area contributed by atoms with Crippen LogP contribution in [0.3, 0.4) is 0 Å². The summed E-state index contributed by atoms with van der Waals surface area (Å²) in [5, 5.41) is 39.9. The first-order valence-corrected chi connectivity index (χ1v) is 28.0. The smallest absolute Gasteiger partial charge is 0.315 e. The number of ether oxygens (including phenoxy) is 2. The minimum absolute atomic E-state index is 0.0547. The molecule has 408 valence electrons. The highest BCUT2D eigenvalue weighted by Gasteiger charge is 2.61. The normalized spacial score (nSPS) is 17.4. The van der Waals surface area contributed by atoms with Crippen LogP contribution in [0.2, 0.25) is 0 Å². The van der Waals surface area contributed by atoms with Crippen molar-refractivity contribution >= 4 is 49.8 Å². The fourth-order valence-corrected chi connectivity index (χ4v) is 13.6. The minimum Gasteiger partial charge on any atom is -0.497 e. The van der Waals surface area contributed by atoms with Gasteiger partial charge in [-0.3, -0.25) is 24.5 Å². The Bertz CT molecular complexity index is 2570. The van der Waals surface area contributed by atoms with E-state index in [4.69, 9.17) is 23.8 Å². The first-order chi connectivity index (χ1) is 36.6. The summed E-state index contributed by atoms with van der Waals surface area (Å²) in [6.07, 6.45) is 3.21. The molecule has 4 aromatic carbocycles. The summed E-state index contributed by atoms with van der Waals surface area (Å²) in [6, 6.07) is 30.9. The molecule has 0 aliphatic carbocycles. The Labute approximate surface area is 451 Å². The minimum atomic E-state index is -1.54. The molecule has 18 nitrogen and oxygen atoms in total. The molecule has 4 amide bonds. The van der Waals surface area contributed by atoms with Gasteiger partial charge in [-0.2, -0.15) is 5.26 Å². The zero-order chi connectivity index (χ0) is 54.8.